The minimum Gasteiger partial charge on any atom is -1.00 e. The van der Waals surface area contributed by atoms with Crippen LogP contribution in [0.1, 0.15) is 237 Å². The molecule has 0 radical (unpaired) electrons. The van der Waals surface area contributed by atoms with Gasteiger partial charge in [0.05, 0.1) is 78.5 Å². The fourth-order valence-corrected chi connectivity index (χ4v) is 7.93. The summed E-state index contributed by atoms with van der Waals surface area (Å²) in [7, 11) is 0. The normalized spacial score (nSPS) is 11.3. The van der Waals surface area contributed by atoms with Gasteiger partial charge in [-0.2, -0.15) is 0 Å². The van der Waals surface area contributed by atoms with Crippen molar-refractivity contribution in [1.29, 1.82) is 0 Å². The van der Waals surface area contributed by atoms with E-state index in [1.165, 1.54) is 246 Å². The van der Waals surface area contributed by atoms with Crippen LogP contribution in [0.15, 0.2) is 0 Å². The van der Waals surface area contributed by atoms with Crippen molar-refractivity contribution in [3.05, 3.63) is 0 Å². The van der Waals surface area contributed by atoms with Gasteiger partial charge in [-0.3, -0.25) is 0 Å². The Labute approximate surface area is 369 Å². The smallest absolute Gasteiger partial charge is 0.0786 e. The second-order valence-corrected chi connectivity index (χ2v) is 17.0. The highest BCUT2D eigenvalue weighted by molar-refractivity contribution is 4.52. The van der Waals surface area contributed by atoms with Crippen molar-refractivity contribution in [2.45, 2.75) is 237 Å². The number of halogens is 3. The quantitative estimate of drug-likeness (QED) is 0.0677. The fraction of sp³-hybridized carbons (Fsp3) is 1.00. The average Bonchev–Trinajstić information content (AvgIpc) is 3.16. The Morgan fingerprint density at radius 1 is 0.185 bits per heavy atom. The molecule has 3 nitrogen and oxygen atoms in total. The van der Waals surface area contributed by atoms with Crippen LogP contribution in [0.2, 0.25) is 0 Å². The zero-order chi connectivity index (χ0) is 39.0. The Morgan fingerprint density at radius 2 is 0.259 bits per heavy atom. The number of rotatable bonds is 36. The molecular weight excluding hydrogens is 769 g/mol. The summed E-state index contributed by atoms with van der Waals surface area (Å²) in [6, 6.07) is 0. The Balaban J connectivity index is -0.000000156. The molecule has 0 aromatic carbocycles. The van der Waals surface area contributed by atoms with E-state index in [2.05, 4.69) is 83.1 Å². The molecule has 0 fully saturated rings. The van der Waals surface area contributed by atoms with Gasteiger partial charge in [-0.25, -0.2) is 0 Å². The summed E-state index contributed by atoms with van der Waals surface area (Å²) in [6.07, 6.45) is 33.2. The number of hydrogen-bond donors (Lipinski definition) is 0. The van der Waals surface area contributed by atoms with Gasteiger partial charge >= 0.3 is 0 Å². The topological polar surface area (TPSA) is 0 Å². The molecule has 0 saturated heterocycles. The van der Waals surface area contributed by atoms with E-state index in [0.717, 1.165) is 0 Å². The zero-order valence-corrected chi connectivity index (χ0v) is 43.0. The number of hydrogen-bond acceptors (Lipinski definition) is 0. The third-order valence-electron chi connectivity index (χ3n) is 11.8. The number of nitrogens with zero attached hydrogens (tertiary/aromatic N) is 3. The van der Waals surface area contributed by atoms with Crippen LogP contribution in [0.4, 0.5) is 0 Å². The first-order valence-electron chi connectivity index (χ1n) is 24.3. The van der Waals surface area contributed by atoms with Gasteiger partial charge in [-0.15, -0.1) is 0 Å². The summed E-state index contributed by atoms with van der Waals surface area (Å²) in [5.74, 6) is 0. The predicted octanol–water partition coefficient (Wildman–Crippen LogP) is 6.02. The van der Waals surface area contributed by atoms with E-state index in [4.69, 9.17) is 0 Å². The van der Waals surface area contributed by atoms with Crippen molar-refractivity contribution < 1.29 is 55.2 Å². The van der Waals surface area contributed by atoms with Gasteiger partial charge in [-0.05, 0) is 77.0 Å². The summed E-state index contributed by atoms with van der Waals surface area (Å²) in [5.41, 5.74) is 0. The molecule has 336 valence electrons. The van der Waals surface area contributed by atoms with E-state index in [1.807, 2.05) is 0 Å². The summed E-state index contributed by atoms with van der Waals surface area (Å²) < 4.78 is 4.26. The van der Waals surface area contributed by atoms with E-state index < -0.39 is 0 Å². The summed E-state index contributed by atoms with van der Waals surface area (Å²) >= 11 is 0. The molecule has 0 N–H and O–H groups in total. The summed E-state index contributed by atoms with van der Waals surface area (Å²) in [5, 5.41) is 0. The lowest BCUT2D eigenvalue weighted by molar-refractivity contribution is -0.929. The lowest BCUT2D eigenvalue weighted by Crippen LogP contribution is -3.00. The maximum absolute atomic E-state index is 2.33. The van der Waals surface area contributed by atoms with Gasteiger partial charge in [0.2, 0.25) is 0 Å². The largest absolute Gasteiger partial charge is 1.00 e. The van der Waals surface area contributed by atoms with Gasteiger partial charge in [0.25, 0.3) is 0 Å². The molecule has 0 rings (SSSR count). The maximum atomic E-state index is 2.33. The van der Waals surface area contributed by atoms with Crippen molar-refractivity contribution in [1.82, 2.24) is 0 Å². The monoisotopic (exact) mass is 876 g/mol. The van der Waals surface area contributed by atoms with E-state index in [1.54, 1.807) is 0 Å². The van der Waals surface area contributed by atoms with Crippen molar-refractivity contribution >= 4 is 0 Å². The highest BCUT2D eigenvalue weighted by Crippen LogP contribution is 2.19. The van der Waals surface area contributed by atoms with Crippen LogP contribution in [-0.4, -0.2) is 92.0 Å². The molecule has 0 aromatic heterocycles. The van der Waals surface area contributed by atoms with Crippen LogP contribution in [0.3, 0.4) is 0 Å². The molecule has 0 saturated carbocycles. The molecule has 6 heteroatoms. The van der Waals surface area contributed by atoms with E-state index in [-0.39, 0.29) is 41.8 Å². The molecule has 54 heavy (non-hydrogen) atoms. The molecule has 0 aliphatic carbocycles. The molecule has 0 aromatic rings. The lowest BCUT2D eigenvalue weighted by Gasteiger charge is -2.39. The molecular formula is C48H108BrCl2N3. The fourth-order valence-electron chi connectivity index (χ4n) is 7.93. The second kappa shape index (κ2) is 50.1. The highest BCUT2D eigenvalue weighted by atomic mass is 79.9. The first kappa shape index (κ1) is 66.7. The van der Waals surface area contributed by atoms with Gasteiger partial charge < -0.3 is 55.2 Å². The Bertz CT molecular complexity index is 453. The lowest BCUT2D eigenvalue weighted by atomic mass is 10.1. The van der Waals surface area contributed by atoms with Crippen LogP contribution in [0, 0.1) is 0 Å². The molecule has 0 atom stereocenters. The van der Waals surface area contributed by atoms with Crippen LogP contribution >= 0.6 is 0 Å². The molecule has 0 amide bonds. The van der Waals surface area contributed by atoms with E-state index in [0.29, 0.717) is 0 Å². The van der Waals surface area contributed by atoms with Gasteiger partial charge in [0.1, 0.15) is 0 Å². The van der Waals surface area contributed by atoms with Crippen LogP contribution in [0.25, 0.3) is 0 Å². The zero-order valence-electron chi connectivity index (χ0n) is 39.9. The van der Waals surface area contributed by atoms with Gasteiger partial charge in [0.15, 0.2) is 0 Å². The van der Waals surface area contributed by atoms with Crippen molar-refractivity contribution in [3.63, 3.8) is 0 Å². The van der Waals surface area contributed by atoms with E-state index >= 15 is 0 Å². The molecule has 0 unspecified atom stereocenters. The standard InChI is InChI=1S/3C16H36N.BrH.2ClH/c3*1-5-9-13-17(14-10-6-2,15-11-7-3)16-12-8-4;;;/h3*5-16H2,1-4H3;3*1H/q3*+1;;;/p-3. The van der Waals surface area contributed by atoms with Gasteiger partial charge in [0, 0.05) is 0 Å². The SMILES string of the molecule is CCCC[N+](CCCC)(CCCC)CCCC.CCCC[N+](CCCC)(CCCC)CCCC.CCCC[N+](CCCC)(CCCC)CCCC.[Br-].[Cl-].[Cl-]. The Kier molecular flexibility index (Phi) is 61.9. The minimum atomic E-state index is 0. The molecule has 0 aliphatic rings. The van der Waals surface area contributed by atoms with Gasteiger partial charge in [-0.1, -0.05) is 160 Å². The minimum absolute atomic E-state index is 0. The Morgan fingerprint density at radius 3 is 0.315 bits per heavy atom. The van der Waals surface area contributed by atoms with Crippen molar-refractivity contribution in [2.24, 2.45) is 0 Å². The summed E-state index contributed by atoms with van der Waals surface area (Å²) in [6.45, 7) is 45.1. The summed E-state index contributed by atoms with van der Waals surface area (Å²) in [4.78, 5) is 0. The molecule has 0 heterocycles. The molecule has 0 bridgehead atoms. The van der Waals surface area contributed by atoms with E-state index in [9.17, 15) is 0 Å². The Hall–Kier alpha value is 0.940. The second-order valence-electron chi connectivity index (χ2n) is 17.0. The predicted molar refractivity (Wildman–Crippen MR) is 238 cm³/mol. The van der Waals surface area contributed by atoms with Crippen molar-refractivity contribution in [2.75, 3.05) is 78.5 Å². The maximum Gasteiger partial charge on any atom is 0.0786 e. The first-order valence-corrected chi connectivity index (χ1v) is 24.3. The van der Waals surface area contributed by atoms with Crippen molar-refractivity contribution in [3.8, 4) is 0 Å². The van der Waals surface area contributed by atoms with Crippen LogP contribution in [0.5, 0.6) is 0 Å². The third-order valence-corrected chi connectivity index (χ3v) is 11.8. The third kappa shape index (κ3) is 38.5. The average molecular weight is 878 g/mol. The number of quaternary nitrogens is 3. The number of unbranched alkanes of at least 4 members (excludes halogenated alkanes) is 12. The first-order chi connectivity index (χ1) is 24.7. The van der Waals surface area contributed by atoms with Crippen LogP contribution in [-0.2, 0) is 0 Å². The molecule has 0 aliphatic heterocycles. The highest BCUT2D eigenvalue weighted by Gasteiger charge is 2.26. The molecule has 0 spiro atoms. The van der Waals surface area contributed by atoms with Crippen LogP contribution < -0.4 is 41.8 Å².